The third-order valence-electron chi connectivity index (χ3n) is 2.77. The predicted octanol–water partition coefficient (Wildman–Crippen LogP) is 2.02. The summed E-state index contributed by atoms with van der Waals surface area (Å²) in [4.78, 5) is 16.5. The van der Waals surface area contributed by atoms with Crippen molar-refractivity contribution in [3.8, 4) is 0 Å². The van der Waals surface area contributed by atoms with Crippen molar-refractivity contribution >= 4 is 33.2 Å². The molecule has 1 aromatic heterocycles. The van der Waals surface area contributed by atoms with E-state index in [9.17, 15) is 13.2 Å². The number of hydrogen-bond donors (Lipinski definition) is 1. The maximum absolute atomic E-state index is 11.7. The summed E-state index contributed by atoms with van der Waals surface area (Å²) < 4.78 is 22.4. The Balaban J connectivity index is 1.85. The van der Waals surface area contributed by atoms with Gasteiger partial charge in [0.1, 0.15) is 0 Å². The number of aromatic nitrogens is 1. The quantitative estimate of drug-likeness (QED) is 0.819. The van der Waals surface area contributed by atoms with Crippen molar-refractivity contribution in [3.05, 3.63) is 58.1 Å². The van der Waals surface area contributed by atoms with Gasteiger partial charge in [0.05, 0.1) is 11.3 Å². The summed E-state index contributed by atoms with van der Waals surface area (Å²) in [6.45, 7) is 0.394. The van der Waals surface area contributed by atoms with E-state index < -0.39 is 9.84 Å². The molecule has 1 heterocycles. The van der Waals surface area contributed by atoms with Crippen LogP contribution in [0.1, 0.15) is 16.0 Å². The van der Waals surface area contributed by atoms with Crippen LogP contribution in [0.5, 0.6) is 0 Å². The third kappa shape index (κ3) is 5.79. The first kappa shape index (κ1) is 16.4. The summed E-state index contributed by atoms with van der Waals surface area (Å²) >= 11 is 1.46. The molecule has 7 heteroatoms. The minimum Gasteiger partial charge on any atom is -0.348 e. The van der Waals surface area contributed by atoms with E-state index in [-0.39, 0.29) is 11.7 Å². The Labute approximate surface area is 133 Å². The third-order valence-corrected chi connectivity index (χ3v) is 4.37. The van der Waals surface area contributed by atoms with Gasteiger partial charge in [-0.15, -0.1) is 11.3 Å². The summed E-state index contributed by atoms with van der Waals surface area (Å²) in [5.41, 5.74) is 3.36. The molecule has 116 valence electrons. The average molecular weight is 336 g/mol. The van der Waals surface area contributed by atoms with Crippen LogP contribution in [0.2, 0.25) is 0 Å². The van der Waals surface area contributed by atoms with Gasteiger partial charge in [0.2, 0.25) is 5.91 Å². The number of carbonyl (C=O) groups is 1. The van der Waals surface area contributed by atoms with Gasteiger partial charge in [-0.3, -0.25) is 9.78 Å². The van der Waals surface area contributed by atoms with E-state index in [4.69, 9.17) is 0 Å². The zero-order valence-corrected chi connectivity index (χ0v) is 13.7. The molecular formula is C15H16N2O3S2. The SMILES string of the molecule is CS(=O)(=O)Cc1ccc(CNC(=O)C=Cc2cncs2)cc1. The molecule has 0 aliphatic heterocycles. The van der Waals surface area contributed by atoms with Crippen LogP contribution in [0.4, 0.5) is 0 Å². The lowest BCUT2D eigenvalue weighted by molar-refractivity contribution is -0.116. The summed E-state index contributed by atoms with van der Waals surface area (Å²) in [6.07, 6.45) is 6.07. The van der Waals surface area contributed by atoms with Gasteiger partial charge < -0.3 is 5.32 Å². The largest absolute Gasteiger partial charge is 0.348 e. The number of sulfone groups is 1. The van der Waals surface area contributed by atoms with E-state index in [1.807, 2.05) is 12.1 Å². The summed E-state index contributed by atoms with van der Waals surface area (Å²) in [5, 5.41) is 2.77. The number of nitrogens with one attached hydrogen (secondary N) is 1. The number of nitrogens with zero attached hydrogens (tertiary/aromatic N) is 1. The van der Waals surface area contributed by atoms with Crippen molar-refractivity contribution in [2.75, 3.05) is 6.26 Å². The van der Waals surface area contributed by atoms with E-state index in [2.05, 4.69) is 10.3 Å². The van der Waals surface area contributed by atoms with Crippen LogP contribution in [0.3, 0.4) is 0 Å². The molecule has 0 saturated carbocycles. The molecule has 0 aliphatic carbocycles. The van der Waals surface area contributed by atoms with E-state index in [1.54, 1.807) is 29.9 Å². The maximum atomic E-state index is 11.7. The highest BCUT2D eigenvalue weighted by molar-refractivity contribution is 7.89. The first-order valence-corrected chi connectivity index (χ1v) is 9.46. The Morgan fingerprint density at radius 2 is 1.95 bits per heavy atom. The molecule has 0 unspecified atom stereocenters. The molecular weight excluding hydrogens is 320 g/mol. The lowest BCUT2D eigenvalue weighted by Crippen LogP contribution is -2.20. The fourth-order valence-corrected chi connectivity index (χ4v) is 3.08. The van der Waals surface area contributed by atoms with Gasteiger partial charge in [0.15, 0.2) is 9.84 Å². The summed E-state index contributed by atoms with van der Waals surface area (Å²) in [6, 6.07) is 7.15. The maximum Gasteiger partial charge on any atom is 0.244 e. The number of carbonyl (C=O) groups excluding carboxylic acids is 1. The monoisotopic (exact) mass is 336 g/mol. The van der Waals surface area contributed by atoms with Crippen LogP contribution >= 0.6 is 11.3 Å². The van der Waals surface area contributed by atoms with Crippen LogP contribution in [0, 0.1) is 0 Å². The van der Waals surface area contributed by atoms with Gasteiger partial charge in [-0.25, -0.2) is 8.42 Å². The Bertz CT molecular complexity index is 749. The average Bonchev–Trinajstić information content (AvgIpc) is 2.96. The minimum absolute atomic E-state index is 0.0250. The Hall–Kier alpha value is -1.99. The second kappa shape index (κ2) is 7.33. The first-order chi connectivity index (χ1) is 10.4. The van der Waals surface area contributed by atoms with E-state index in [1.165, 1.54) is 23.7 Å². The molecule has 0 spiro atoms. The normalized spacial score (nSPS) is 11.7. The molecule has 0 bridgehead atoms. The van der Waals surface area contributed by atoms with Gasteiger partial charge in [0.25, 0.3) is 0 Å². The van der Waals surface area contributed by atoms with Gasteiger partial charge in [-0.05, 0) is 17.2 Å². The van der Waals surface area contributed by atoms with Crippen molar-refractivity contribution in [2.24, 2.45) is 0 Å². The molecule has 1 N–H and O–H groups in total. The van der Waals surface area contributed by atoms with E-state index in [0.29, 0.717) is 6.54 Å². The highest BCUT2D eigenvalue weighted by Gasteiger charge is 2.04. The molecule has 0 radical (unpaired) electrons. The predicted molar refractivity (Wildman–Crippen MR) is 88.0 cm³/mol. The highest BCUT2D eigenvalue weighted by atomic mass is 32.2. The van der Waals surface area contributed by atoms with Crippen LogP contribution in [0.15, 0.2) is 42.0 Å². The standard InChI is InChI=1S/C15H16N2O3S2/c1-22(19,20)10-13-4-2-12(3-5-13)8-17-15(18)7-6-14-9-16-11-21-14/h2-7,9,11H,8,10H2,1H3,(H,17,18). The molecule has 5 nitrogen and oxygen atoms in total. The zero-order valence-electron chi connectivity index (χ0n) is 12.0. The Kier molecular flexibility index (Phi) is 5.46. The van der Waals surface area contributed by atoms with Gasteiger partial charge in [-0.1, -0.05) is 24.3 Å². The minimum atomic E-state index is -3.03. The van der Waals surface area contributed by atoms with Crippen molar-refractivity contribution in [1.82, 2.24) is 10.3 Å². The molecule has 0 saturated heterocycles. The topological polar surface area (TPSA) is 76.1 Å². The number of benzene rings is 1. The number of amides is 1. The van der Waals surface area contributed by atoms with Crippen LogP contribution in [-0.2, 0) is 26.9 Å². The van der Waals surface area contributed by atoms with Gasteiger partial charge >= 0.3 is 0 Å². The van der Waals surface area contributed by atoms with Crippen LogP contribution in [-0.4, -0.2) is 25.6 Å². The van der Waals surface area contributed by atoms with Crippen molar-refractivity contribution in [3.63, 3.8) is 0 Å². The summed E-state index contributed by atoms with van der Waals surface area (Å²) in [5.74, 6) is -0.161. The molecule has 0 fully saturated rings. The van der Waals surface area contributed by atoms with E-state index >= 15 is 0 Å². The van der Waals surface area contributed by atoms with Crippen molar-refractivity contribution < 1.29 is 13.2 Å². The molecule has 2 aromatic rings. The molecule has 2 rings (SSSR count). The second-order valence-corrected chi connectivity index (χ2v) is 7.90. The Morgan fingerprint density at radius 1 is 1.27 bits per heavy atom. The van der Waals surface area contributed by atoms with Gasteiger partial charge in [0, 0.05) is 30.0 Å². The van der Waals surface area contributed by atoms with Crippen molar-refractivity contribution in [2.45, 2.75) is 12.3 Å². The highest BCUT2D eigenvalue weighted by Crippen LogP contribution is 2.09. The van der Waals surface area contributed by atoms with Crippen molar-refractivity contribution in [1.29, 1.82) is 0 Å². The fourth-order valence-electron chi connectivity index (χ4n) is 1.77. The lowest BCUT2D eigenvalue weighted by atomic mass is 10.1. The van der Waals surface area contributed by atoms with Crippen LogP contribution in [0.25, 0.3) is 6.08 Å². The smallest absolute Gasteiger partial charge is 0.244 e. The van der Waals surface area contributed by atoms with E-state index in [0.717, 1.165) is 16.0 Å². The first-order valence-electron chi connectivity index (χ1n) is 6.52. The molecule has 1 amide bonds. The van der Waals surface area contributed by atoms with Gasteiger partial charge in [-0.2, -0.15) is 0 Å². The second-order valence-electron chi connectivity index (χ2n) is 4.84. The number of thiazole rings is 1. The lowest BCUT2D eigenvalue weighted by Gasteiger charge is -2.04. The number of rotatable bonds is 6. The molecule has 0 aliphatic rings. The number of hydrogen-bond acceptors (Lipinski definition) is 5. The molecule has 22 heavy (non-hydrogen) atoms. The van der Waals surface area contributed by atoms with Crippen LogP contribution < -0.4 is 5.32 Å². The zero-order chi connectivity index (χ0) is 16.0. The molecule has 0 atom stereocenters. The molecule has 1 aromatic carbocycles. The fraction of sp³-hybridized carbons (Fsp3) is 0.200. The summed E-state index contributed by atoms with van der Waals surface area (Å²) in [7, 11) is -3.03. The Morgan fingerprint density at radius 3 is 2.55 bits per heavy atom.